The predicted molar refractivity (Wildman–Crippen MR) is 245 cm³/mol. The van der Waals surface area contributed by atoms with E-state index in [0.717, 1.165) is 51.5 Å². The van der Waals surface area contributed by atoms with Crippen LogP contribution < -0.4 is 25.7 Å². The van der Waals surface area contributed by atoms with E-state index in [-0.39, 0.29) is 34.2 Å². The number of nitrogens with zero attached hydrogens (tertiary/aromatic N) is 2. The first-order chi connectivity index (χ1) is 27.4. The summed E-state index contributed by atoms with van der Waals surface area (Å²) in [4.78, 5) is 5.03. The zero-order chi connectivity index (χ0) is 40.7. The summed E-state index contributed by atoms with van der Waals surface area (Å²) in [7, 11) is 0. The quantitative estimate of drug-likeness (QED) is 0.164. The number of para-hydroxylation sites is 1. The Kier molecular flexibility index (Phi) is 7.83. The van der Waals surface area contributed by atoms with Gasteiger partial charge in [-0.1, -0.05) is 142 Å². The Morgan fingerprint density at radius 2 is 1.22 bits per heavy atom. The van der Waals surface area contributed by atoms with Gasteiger partial charge in [0.05, 0.1) is 11.3 Å². The molecular weight excluding hydrogens is 707 g/mol. The first-order valence-corrected chi connectivity index (χ1v) is 21.2. The lowest BCUT2D eigenvalue weighted by Gasteiger charge is -2.48. The fraction of sp³-hybridized carbons (Fsp3) is 0.321. The molecule has 0 fully saturated rings. The third-order valence-corrected chi connectivity index (χ3v) is 13.5. The van der Waals surface area contributed by atoms with E-state index < -0.39 is 0 Å². The lowest BCUT2D eigenvalue weighted by molar-refractivity contribution is 0.415. The van der Waals surface area contributed by atoms with Crippen molar-refractivity contribution in [3.8, 4) is 11.5 Å². The Balaban J connectivity index is 1.26. The Bertz CT molecular complexity index is 2710. The third-order valence-electron chi connectivity index (χ3n) is 13.5. The van der Waals surface area contributed by atoms with Crippen LogP contribution in [0.5, 0.6) is 11.5 Å². The Hall–Kier alpha value is -5.42. The molecule has 3 aliphatic heterocycles. The van der Waals surface area contributed by atoms with Crippen LogP contribution in [-0.4, -0.2) is 6.71 Å². The third kappa shape index (κ3) is 5.41. The standard InChI is InChI=1S/C53H55BN2O2/c1-50(2,3)32-19-24-35(25-20-32)55-41-30-23-34(52(7,8)9)31-40(41)54-45-42(55)16-14-17-43(45)56(36-26-21-33(22-27-36)51(4,5)6)46-37-28-29-39-48(47(37)58-49(46)54)57-44-18-13-12-15-38(44)53(39,10)11/h12-30,40H,31H2,1-11H3. The van der Waals surface area contributed by atoms with Gasteiger partial charge >= 0.3 is 0 Å². The van der Waals surface area contributed by atoms with Gasteiger partial charge in [-0.3, -0.25) is 0 Å². The van der Waals surface area contributed by atoms with E-state index in [0.29, 0.717) is 0 Å². The minimum atomic E-state index is -0.260. The summed E-state index contributed by atoms with van der Waals surface area (Å²) < 4.78 is 14.4. The van der Waals surface area contributed by atoms with Crippen LogP contribution in [0.1, 0.15) is 105 Å². The summed E-state index contributed by atoms with van der Waals surface area (Å²) in [6, 6.07) is 38.4. The molecule has 1 aliphatic carbocycles. The molecule has 6 aromatic rings. The lowest BCUT2D eigenvalue weighted by atomic mass is 9.30. The molecule has 0 bridgehead atoms. The van der Waals surface area contributed by atoms with E-state index >= 15 is 0 Å². The molecule has 0 spiro atoms. The van der Waals surface area contributed by atoms with Gasteiger partial charge in [0.1, 0.15) is 5.75 Å². The molecule has 5 aromatic carbocycles. The van der Waals surface area contributed by atoms with Crippen molar-refractivity contribution in [3.63, 3.8) is 0 Å². The maximum Gasteiger partial charge on any atom is 0.272 e. The van der Waals surface area contributed by atoms with Crippen molar-refractivity contribution < 1.29 is 9.15 Å². The minimum absolute atomic E-state index is 0.0133. The smallest absolute Gasteiger partial charge is 0.272 e. The monoisotopic (exact) mass is 762 g/mol. The largest absolute Gasteiger partial charge is 0.465 e. The highest BCUT2D eigenvalue weighted by Crippen LogP contribution is 2.56. The Morgan fingerprint density at radius 3 is 1.84 bits per heavy atom. The summed E-state index contributed by atoms with van der Waals surface area (Å²) >= 11 is 0. The molecule has 292 valence electrons. The number of fused-ring (bicyclic) bond motifs is 9. The average molecular weight is 763 g/mol. The molecule has 4 nitrogen and oxygen atoms in total. The normalized spacial score (nSPS) is 18.1. The zero-order valence-electron chi connectivity index (χ0n) is 36.0. The van der Waals surface area contributed by atoms with E-state index in [1.54, 1.807) is 0 Å². The van der Waals surface area contributed by atoms with Crippen molar-refractivity contribution in [2.24, 2.45) is 5.41 Å². The fourth-order valence-corrected chi connectivity index (χ4v) is 10.1. The maximum atomic E-state index is 7.51. The molecule has 1 unspecified atom stereocenters. The SMILES string of the molecule is CC(C)(C)C1=CC=C2C(C1)B1c3oc4c5c(ccc4c3N(c3ccc(C(C)(C)C)cc3)c3cccc(c31)N2c1ccc(C(C)(C)C)cc1)C(C)(C)c1ccccc1O5. The van der Waals surface area contributed by atoms with Crippen LogP contribution >= 0.6 is 0 Å². The van der Waals surface area contributed by atoms with Crippen molar-refractivity contribution in [2.75, 3.05) is 9.80 Å². The van der Waals surface area contributed by atoms with Gasteiger partial charge in [-0.15, -0.1) is 0 Å². The Labute approximate surface area is 345 Å². The van der Waals surface area contributed by atoms with Gasteiger partial charge in [-0.05, 0) is 99.7 Å². The average Bonchev–Trinajstić information content (AvgIpc) is 3.56. The molecule has 4 heterocycles. The van der Waals surface area contributed by atoms with Crippen LogP contribution in [-0.2, 0) is 16.2 Å². The summed E-state index contributed by atoms with van der Waals surface area (Å²) in [6.07, 6.45) is 5.74. The van der Waals surface area contributed by atoms with Crippen LogP contribution in [0.15, 0.2) is 131 Å². The topological polar surface area (TPSA) is 28.9 Å². The molecule has 10 rings (SSSR count). The minimum Gasteiger partial charge on any atom is -0.465 e. The molecule has 5 heteroatoms. The predicted octanol–water partition coefficient (Wildman–Crippen LogP) is 13.6. The molecule has 0 amide bonds. The number of hydrogen-bond donors (Lipinski definition) is 0. The molecule has 4 aliphatic rings. The summed E-state index contributed by atoms with van der Waals surface area (Å²) in [5, 5.41) is 1.08. The number of rotatable bonds is 2. The molecule has 0 saturated heterocycles. The van der Waals surface area contributed by atoms with Crippen LogP contribution in [0.2, 0.25) is 5.82 Å². The molecule has 58 heavy (non-hydrogen) atoms. The highest BCUT2D eigenvalue weighted by Gasteiger charge is 2.52. The first-order valence-electron chi connectivity index (χ1n) is 21.2. The second-order valence-corrected chi connectivity index (χ2v) is 20.7. The van der Waals surface area contributed by atoms with Crippen LogP contribution in [0.4, 0.5) is 28.4 Å². The van der Waals surface area contributed by atoms with Gasteiger partial charge in [-0.25, -0.2) is 0 Å². The highest BCUT2D eigenvalue weighted by atomic mass is 16.5. The summed E-state index contributed by atoms with van der Waals surface area (Å²) in [5.41, 5.74) is 16.6. The van der Waals surface area contributed by atoms with Gasteiger partial charge < -0.3 is 19.0 Å². The van der Waals surface area contributed by atoms with Crippen LogP contribution in [0, 0.1) is 5.41 Å². The zero-order valence-corrected chi connectivity index (χ0v) is 36.0. The van der Waals surface area contributed by atoms with E-state index in [1.807, 2.05) is 0 Å². The van der Waals surface area contributed by atoms with Crippen molar-refractivity contribution in [3.05, 3.63) is 149 Å². The molecule has 0 radical (unpaired) electrons. The Morgan fingerprint density at radius 1 is 0.621 bits per heavy atom. The molecule has 1 aromatic heterocycles. The fourth-order valence-electron chi connectivity index (χ4n) is 10.1. The highest BCUT2D eigenvalue weighted by molar-refractivity contribution is 6.91. The van der Waals surface area contributed by atoms with Gasteiger partial charge in [0.25, 0.3) is 6.71 Å². The summed E-state index contributed by atoms with van der Waals surface area (Å²) in [6.45, 7) is 25.3. The molecule has 0 N–H and O–H groups in total. The van der Waals surface area contributed by atoms with Crippen LogP contribution in [0.3, 0.4) is 0 Å². The van der Waals surface area contributed by atoms with Crippen molar-refractivity contribution in [1.82, 2.24) is 0 Å². The van der Waals surface area contributed by atoms with Gasteiger partial charge in [0.2, 0.25) is 0 Å². The molecular formula is C53H55BN2O2. The number of hydrogen-bond acceptors (Lipinski definition) is 4. The van der Waals surface area contributed by atoms with Crippen molar-refractivity contribution in [1.29, 1.82) is 0 Å². The van der Waals surface area contributed by atoms with E-state index in [1.165, 1.54) is 50.5 Å². The number of anilines is 5. The number of ether oxygens (including phenoxy) is 1. The second kappa shape index (κ2) is 12.3. The van der Waals surface area contributed by atoms with E-state index in [9.17, 15) is 0 Å². The van der Waals surface area contributed by atoms with Crippen molar-refractivity contribution >= 4 is 57.2 Å². The van der Waals surface area contributed by atoms with Gasteiger partial charge in [0.15, 0.2) is 11.3 Å². The number of benzene rings is 5. The lowest BCUT2D eigenvalue weighted by Crippen LogP contribution is -2.58. The second-order valence-electron chi connectivity index (χ2n) is 20.7. The van der Waals surface area contributed by atoms with E-state index in [2.05, 4.69) is 201 Å². The van der Waals surface area contributed by atoms with Crippen LogP contribution in [0.25, 0.3) is 11.0 Å². The molecule has 0 saturated carbocycles. The van der Waals surface area contributed by atoms with Gasteiger partial charge in [0, 0.05) is 50.4 Å². The van der Waals surface area contributed by atoms with Gasteiger partial charge in [-0.2, -0.15) is 0 Å². The maximum absolute atomic E-state index is 7.51. The summed E-state index contributed by atoms with van der Waals surface area (Å²) in [5.74, 6) is 1.87. The van der Waals surface area contributed by atoms with Crippen molar-refractivity contribution in [2.45, 2.75) is 105 Å². The molecule has 1 atom stereocenters. The number of furan rings is 1. The number of allylic oxidation sites excluding steroid dienone is 4. The first kappa shape index (κ1) is 36.9. The van der Waals surface area contributed by atoms with E-state index in [4.69, 9.17) is 9.15 Å².